The zero-order chi connectivity index (χ0) is 24.6. The van der Waals surface area contributed by atoms with Gasteiger partial charge < -0.3 is 25.4 Å². The molecule has 178 valence electrons. The molecule has 8 heteroatoms. The third kappa shape index (κ3) is 8.34. The number of carbonyl (C=O) groups excluding carboxylic acids is 3. The van der Waals surface area contributed by atoms with E-state index in [2.05, 4.69) is 17.2 Å². The van der Waals surface area contributed by atoms with Crippen LogP contribution in [0.5, 0.6) is 0 Å². The number of aliphatic hydroxyl groups is 1. The second kappa shape index (κ2) is 11.7. The summed E-state index contributed by atoms with van der Waals surface area (Å²) in [6.45, 7) is 15.7. The molecule has 3 N–H and O–H groups in total. The van der Waals surface area contributed by atoms with Crippen molar-refractivity contribution in [3.05, 3.63) is 47.5 Å². The van der Waals surface area contributed by atoms with Crippen molar-refractivity contribution < 1.29 is 24.2 Å². The summed E-state index contributed by atoms with van der Waals surface area (Å²) >= 11 is 0. The molecule has 0 bridgehead atoms. The van der Waals surface area contributed by atoms with Gasteiger partial charge in [0.1, 0.15) is 17.7 Å². The molecule has 2 atom stereocenters. The number of ether oxygens (including phenoxy) is 1. The van der Waals surface area contributed by atoms with E-state index in [0.717, 1.165) is 11.1 Å². The van der Waals surface area contributed by atoms with Crippen LogP contribution in [-0.2, 0) is 14.3 Å². The second-order valence-electron chi connectivity index (χ2n) is 9.15. The number of carbonyl (C=O) groups is 3. The molecule has 0 radical (unpaired) electrons. The van der Waals surface area contributed by atoms with Crippen molar-refractivity contribution in [3.63, 3.8) is 0 Å². The summed E-state index contributed by atoms with van der Waals surface area (Å²) in [5, 5.41) is 15.1. The SMILES string of the molecule is C=CCN(C(=O)C(CO)NC(=O)OC(C)(C)C)C(C(=O)NC(C)C)c1cc(C)cc(C)c1. The van der Waals surface area contributed by atoms with Crippen molar-refractivity contribution in [1.29, 1.82) is 0 Å². The van der Waals surface area contributed by atoms with Crippen LogP contribution < -0.4 is 10.6 Å². The molecule has 3 amide bonds. The second-order valence-corrected chi connectivity index (χ2v) is 9.15. The number of amides is 3. The Labute approximate surface area is 191 Å². The lowest BCUT2D eigenvalue weighted by Crippen LogP contribution is -2.54. The Morgan fingerprint density at radius 3 is 2.12 bits per heavy atom. The van der Waals surface area contributed by atoms with Gasteiger partial charge in [-0.1, -0.05) is 35.4 Å². The van der Waals surface area contributed by atoms with E-state index in [9.17, 15) is 19.5 Å². The maximum atomic E-state index is 13.4. The lowest BCUT2D eigenvalue weighted by atomic mass is 9.98. The number of nitrogens with zero attached hydrogens (tertiary/aromatic N) is 1. The van der Waals surface area contributed by atoms with Crippen molar-refractivity contribution in [2.45, 2.75) is 72.2 Å². The number of rotatable bonds is 9. The van der Waals surface area contributed by atoms with Crippen LogP contribution in [0.1, 0.15) is 57.4 Å². The first-order valence-corrected chi connectivity index (χ1v) is 10.7. The fraction of sp³-hybridized carbons (Fsp3) is 0.542. The number of aliphatic hydroxyl groups excluding tert-OH is 1. The molecule has 0 spiro atoms. The van der Waals surface area contributed by atoms with Gasteiger partial charge in [-0.05, 0) is 54.0 Å². The Bertz CT molecular complexity index is 809. The Balaban J connectivity index is 3.39. The number of benzene rings is 1. The number of aryl methyl sites for hydroxylation is 2. The van der Waals surface area contributed by atoms with Gasteiger partial charge in [0, 0.05) is 12.6 Å². The summed E-state index contributed by atoms with van der Waals surface area (Å²) in [6.07, 6.45) is 0.663. The quantitative estimate of drug-likeness (QED) is 0.505. The molecule has 1 aromatic rings. The molecule has 0 fully saturated rings. The van der Waals surface area contributed by atoms with Gasteiger partial charge >= 0.3 is 6.09 Å². The van der Waals surface area contributed by atoms with Crippen molar-refractivity contribution >= 4 is 17.9 Å². The Morgan fingerprint density at radius 1 is 1.12 bits per heavy atom. The van der Waals surface area contributed by atoms with E-state index in [1.165, 1.54) is 11.0 Å². The minimum atomic E-state index is -1.29. The van der Waals surface area contributed by atoms with Crippen molar-refractivity contribution in [2.75, 3.05) is 13.2 Å². The molecule has 1 rings (SSSR count). The Kier molecular flexibility index (Phi) is 9.90. The number of hydrogen-bond acceptors (Lipinski definition) is 5. The molecule has 8 nitrogen and oxygen atoms in total. The number of hydrogen-bond donors (Lipinski definition) is 3. The van der Waals surface area contributed by atoms with Gasteiger partial charge in [0.2, 0.25) is 11.8 Å². The van der Waals surface area contributed by atoms with E-state index in [-0.39, 0.29) is 18.5 Å². The minimum absolute atomic E-state index is 0.0362. The zero-order valence-electron chi connectivity index (χ0n) is 20.2. The molecule has 0 aliphatic heterocycles. The maximum absolute atomic E-state index is 13.4. The first kappa shape index (κ1) is 27.2. The van der Waals surface area contributed by atoms with E-state index < -0.39 is 36.3 Å². The number of alkyl carbamates (subject to hydrolysis) is 1. The maximum Gasteiger partial charge on any atom is 0.408 e. The third-order valence-electron chi connectivity index (χ3n) is 4.33. The van der Waals surface area contributed by atoms with E-state index in [0.29, 0.717) is 5.56 Å². The fourth-order valence-corrected chi connectivity index (χ4v) is 3.30. The van der Waals surface area contributed by atoms with Gasteiger partial charge in [-0.15, -0.1) is 6.58 Å². The lowest BCUT2D eigenvalue weighted by molar-refractivity contribution is -0.142. The van der Waals surface area contributed by atoms with Gasteiger partial charge in [0.25, 0.3) is 0 Å². The molecule has 0 saturated heterocycles. The van der Waals surface area contributed by atoms with Gasteiger partial charge in [-0.2, -0.15) is 0 Å². The van der Waals surface area contributed by atoms with Crippen LogP contribution in [0, 0.1) is 13.8 Å². The van der Waals surface area contributed by atoms with Gasteiger partial charge in [0.05, 0.1) is 6.61 Å². The third-order valence-corrected chi connectivity index (χ3v) is 4.33. The van der Waals surface area contributed by atoms with E-state index in [1.807, 2.05) is 45.9 Å². The highest BCUT2D eigenvalue weighted by molar-refractivity contribution is 5.92. The Hall–Kier alpha value is -2.87. The summed E-state index contributed by atoms with van der Waals surface area (Å²) in [6, 6.07) is 3.25. The van der Waals surface area contributed by atoms with Crippen LogP contribution in [0.3, 0.4) is 0 Å². The Morgan fingerprint density at radius 2 is 1.69 bits per heavy atom. The monoisotopic (exact) mass is 447 g/mol. The smallest absolute Gasteiger partial charge is 0.408 e. The topological polar surface area (TPSA) is 108 Å². The van der Waals surface area contributed by atoms with Crippen molar-refractivity contribution in [2.24, 2.45) is 0 Å². The largest absolute Gasteiger partial charge is 0.444 e. The van der Waals surface area contributed by atoms with E-state index >= 15 is 0 Å². The number of nitrogens with one attached hydrogen (secondary N) is 2. The first-order valence-electron chi connectivity index (χ1n) is 10.7. The van der Waals surface area contributed by atoms with E-state index in [4.69, 9.17) is 4.74 Å². The van der Waals surface area contributed by atoms with Crippen LogP contribution in [0.15, 0.2) is 30.9 Å². The molecule has 1 aromatic carbocycles. The fourth-order valence-electron chi connectivity index (χ4n) is 3.30. The molecule has 0 aliphatic carbocycles. The standard InChI is InChI=1S/C24H37N3O5/c1-9-10-27(22(30)19(14-28)26-23(31)32-24(6,7)8)20(21(29)25-15(2)3)18-12-16(4)11-17(5)13-18/h9,11-13,15,19-20,28H,1,10,14H2,2-8H3,(H,25,29)(H,26,31). The highest BCUT2D eigenvalue weighted by atomic mass is 16.6. The van der Waals surface area contributed by atoms with Gasteiger partial charge in [-0.3, -0.25) is 9.59 Å². The van der Waals surface area contributed by atoms with Crippen molar-refractivity contribution in [3.8, 4) is 0 Å². The van der Waals surface area contributed by atoms with Crippen LogP contribution in [0.2, 0.25) is 0 Å². The highest BCUT2D eigenvalue weighted by Crippen LogP contribution is 2.25. The average molecular weight is 448 g/mol. The molecular weight excluding hydrogens is 410 g/mol. The molecule has 2 unspecified atom stereocenters. The predicted octanol–water partition coefficient (Wildman–Crippen LogP) is 2.77. The van der Waals surface area contributed by atoms with Crippen LogP contribution in [0.4, 0.5) is 4.79 Å². The summed E-state index contributed by atoms with van der Waals surface area (Å²) in [7, 11) is 0. The molecule has 0 aliphatic rings. The molecule has 32 heavy (non-hydrogen) atoms. The summed E-state index contributed by atoms with van der Waals surface area (Å²) in [4.78, 5) is 40.1. The molecule has 0 saturated carbocycles. The summed E-state index contributed by atoms with van der Waals surface area (Å²) < 4.78 is 5.21. The van der Waals surface area contributed by atoms with Crippen LogP contribution >= 0.6 is 0 Å². The lowest BCUT2D eigenvalue weighted by Gasteiger charge is -2.34. The molecular formula is C24H37N3O5. The normalized spacial score (nSPS) is 13.2. The van der Waals surface area contributed by atoms with Crippen LogP contribution in [-0.4, -0.2) is 58.8 Å². The van der Waals surface area contributed by atoms with Crippen molar-refractivity contribution in [1.82, 2.24) is 15.5 Å². The minimum Gasteiger partial charge on any atom is -0.444 e. The zero-order valence-corrected chi connectivity index (χ0v) is 20.2. The van der Waals surface area contributed by atoms with Crippen LogP contribution in [0.25, 0.3) is 0 Å². The average Bonchev–Trinajstić information content (AvgIpc) is 2.62. The van der Waals surface area contributed by atoms with E-state index in [1.54, 1.807) is 20.8 Å². The summed E-state index contributed by atoms with van der Waals surface area (Å²) in [5.74, 6) is -0.990. The van der Waals surface area contributed by atoms with Gasteiger partial charge in [0.15, 0.2) is 0 Å². The molecule has 0 heterocycles. The highest BCUT2D eigenvalue weighted by Gasteiger charge is 2.35. The first-order chi connectivity index (χ1) is 14.8. The van der Waals surface area contributed by atoms with Gasteiger partial charge in [-0.25, -0.2) is 4.79 Å². The molecule has 0 aromatic heterocycles. The summed E-state index contributed by atoms with van der Waals surface area (Å²) in [5.41, 5.74) is 1.75. The predicted molar refractivity (Wildman–Crippen MR) is 124 cm³/mol.